The molecular formula is C19H40N2S. The van der Waals surface area contributed by atoms with Gasteiger partial charge in [0, 0.05) is 13.1 Å². The Bertz CT molecular complexity index is 231. The average Bonchev–Trinajstić information content (AvgIpc) is 2.52. The summed E-state index contributed by atoms with van der Waals surface area (Å²) in [5, 5.41) is 7.42. The van der Waals surface area contributed by atoms with Crippen molar-refractivity contribution in [3.05, 3.63) is 0 Å². The van der Waals surface area contributed by atoms with Gasteiger partial charge in [-0.1, -0.05) is 90.9 Å². The molecule has 0 rings (SSSR count). The second-order valence-electron chi connectivity index (χ2n) is 6.43. The molecule has 0 aromatic heterocycles. The maximum Gasteiger partial charge on any atom is 0.166 e. The fraction of sp³-hybridized carbons (Fsp3) is 0.947. The molecule has 0 atom stereocenters. The van der Waals surface area contributed by atoms with E-state index >= 15 is 0 Å². The molecule has 0 fully saturated rings. The van der Waals surface area contributed by atoms with Crippen LogP contribution in [0.5, 0.6) is 0 Å². The predicted molar refractivity (Wildman–Crippen MR) is 105 cm³/mol. The molecule has 0 saturated carbocycles. The van der Waals surface area contributed by atoms with Gasteiger partial charge in [-0.05, 0) is 25.1 Å². The van der Waals surface area contributed by atoms with Crippen LogP contribution in [0.3, 0.4) is 0 Å². The number of thiocarbonyl (C=S) groups is 1. The van der Waals surface area contributed by atoms with E-state index in [0.29, 0.717) is 0 Å². The predicted octanol–water partition coefficient (Wildman–Crippen LogP) is 5.95. The summed E-state index contributed by atoms with van der Waals surface area (Å²) in [6.45, 7) is 6.54. The molecule has 2 nitrogen and oxygen atoms in total. The monoisotopic (exact) mass is 328 g/mol. The standard InChI is InChI=1S/C19H40N2S/c1-3-5-7-8-9-10-11-12-13-14-16-18-21-19(22)20-17-15-6-4-2/h3-18H2,1-2H3,(H2,20,21,22). The van der Waals surface area contributed by atoms with E-state index in [4.69, 9.17) is 12.2 Å². The highest BCUT2D eigenvalue weighted by atomic mass is 32.1. The Hall–Kier alpha value is -0.310. The van der Waals surface area contributed by atoms with Gasteiger partial charge >= 0.3 is 0 Å². The van der Waals surface area contributed by atoms with Crippen molar-refractivity contribution in [1.29, 1.82) is 0 Å². The lowest BCUT2D eigenvalue weighted by Crippen LogP contribution is -2.36. The first-order chi connectivity index (χ1) is 10.8. The van der Waals surface area contributed by atoms with E-state index in [1.165, 1.54) is 89.9 Å². The maximum absolute atomic E-state index is 5.26. The lowest BCUT2D eigenvalue weighted by molar-refractivity contribution is 0.548. The first kappa shape index (κ1) is 21.7. The van der Waals surface area contributed by atoms with Crippen LogP contribution in [-0.2, 0) is 0 Å². The molecule has 0 saturated heterocycles. The molecule has 0 aromatic carbocycles. The van der Waals surface area contributed by atoms with E-state index in [1.807, 2.05) is 0 Å². The summed E-state index contributed by atoms with van der Waals surface area (Å²) in [5.41, 5.74) is 0. The summed E-state index contributed by atoms with van der Waals surface area (Å²) in [5.74, 6) is 0. The van der Waals surface area contributed by atoms with Gasteiger partial charge in [-0.25, -0.2) is 0 Å². The van der Waals surface area contributed by atoms with Crippen molar-refractivity contribution in [3.63, 3.8) is 0 Å². The fourth-order valence-electron chi connectivity index (χ4n) is 2.63. The van der Waals surface area contributed by atoms with Crippen molar-refractivity contribution in [1.82, 2.24) is 10.6 Å². The summed E-state index contributed by atoms with van der Waals surface area (Å²) in [6, 6.07) is 0. The zero-order valence-corrected chi connectivity index (χ0v) is 16.0. The Balaban J connectivity index is 3.08. The van der Waals surface area contributed by atoms with Gasteiger partial charge in [-0.3, -0.25) is 0 Å². The third-order valence-corrected chi connectivity index (χ3v) is 4.42. The summed E-state index contributed by atoms with van der Waals surface area (Å²) in [4.78, 5) is 0. The molecule has 0 aliphatic carbocycles. The second kappa shape index (κ2) is 18.7. The third-order valence-electron chi connectivity index (χ3n) is 4.13. The fourth-order valence-corrected chi connectivity index (χ4v) is 2.83. The summed E-state index contributed by atoms with van der Waals surface area (Å²) in [6.07, 6.45) is 19.1. The van der Waals surface area contributed by atoms with E-state index in [1.54, 1.807) is 0 Å². The molecular weight excluding hydrogens is 288 g/mol. The molecule has 132 valence electrons. The van der Waals surface area contributed by atoms with Crippen LogP contribution in [0, 0.1) is 0 Å². The number of hydrogen-bond donors (Lipinski definition) is 2. The minimum atomic E-state index is 0.836. The highest BCUT2D eigenvalue weighted by molar-refractivity contribution is 7.80. The van der Waals surface area contributed by atoms with Crippen molar-refractivity contribution in [3.8, 4) is 0 Å². The van der Waals surface area contributed by atoms with Gasteiger partial charge < -0.3 is 10.6 Å². The van der Waals surface area contributed by atoms with Gasteiger partial charge in [0.05, 0.1) is 0 Å². The Labute approximate surface area is 145 Å². The summed E-state index contributed by atoms with van der Waals surface area (Å²) in [7, 11) is 0. The molecule has 0 unspecified atom stereocenters. The molecule has 0 bridgehead atoms. The van der Waals surface area contributed by atoms with Crippen molar-refractivity contribution < 1.29 is 0 Å². The van der Waals surface area contributed by atoms with E-state index in [-0.39, 0.29) is 0 Å². The van der Waals surface area contributed by atoms with Crippen LogP contribution in [0.1, 0.15) is 104 Å². The Morgan fingerprint density at radius 3 is 1.32 bits per heavy atom. The molecule has 0 aliphatic heterocycles. The van der Waals surface area contributed by atoms with Crippen LogP contribution in [-0.4, -0.2) is 18.2 Å². The van der Waals surface area contributed by atoms with Gasteiger partial charge in [-0.2, -0.15) is 0 Å². The topological polar surface area (TPSA) is 24.1 Å². The zero-order valence-electron chi connectivity index (χ0n) is 15.2. The largest absolute Gasteiger partial charge is 0.363 e. The number of nitrogens with one attached hydrogen (secondary N) is 2. The molecule has 0 radical (unpaired) electrons. The molecule has 3 heteroatoms. The highest BCUT2D eigenvalue weighted by Crippen LogP contribution is 2.10. The van der Waals surface area contributed by atoms with Crippen molar-refractivity contribution in [2.45, 2.75) is 104 Å². The van der Waals surface area contributed by atoms with E-state index in [0.717, 1.165) is 18.2 Å². The number of rotatable bonds is 16. The normalized spacial score (nSPS) is 10.6. The van der Waals surface area contributed by atoms with Crippen LogP contribution < -0.4 is 10.6 Å². The lowest BCUT2D eigenvalue weighted by Gasteiger charge is -2.10. The average molecular weight is 329 g/mol. The minimum absolute atomic E-state index is 0.836. The molecule has 0 heterocycles. The zero-order chi connectivity index (χ0) is 16.3. The molecule has 0 spiro atoms. The Kier molecular flexibility index (Phi) is 18.5. The molecule has 22 heavy (non-hydrogen) atoms. The van der Waals surface area contributed by atoms with Gasteiger partial charge in [0.1, 0.15) is 0 Å². The molecule has 0 amide bonds. The first-order valence-electron chi connectivity index (χ1n) is 9.83. The quantitative estimate of drug-likeness (QED) is 0.270. The highest BCUT2D eigenvalue weighted by Gasteiger charge is 1.95. The van der Waals surface area contributed by atoms with Gasteiger partial charge in [0.25, 0.3) is 0 Å². The summed E-state index contributed by atoms with van der Waals surface area (Å²) < 4.78 is 0. The SMILES string of the molecule is CCCCCCCCCCCCCNC(=S)NCCCCC. The van der Waals surface area contributed by atoms with Crippen molar-refractivity contribution >= 4 is 17.3 Å². The number of hydrogen-bond acceptors (Lipinski definition) is 1. The van der Waals surface area contributed by atoms with E-state index in [2.05, 4.69) is 24.5 Å². The van der Waals surface area contributed by atoms with Crippen LogP contribution in [0.15, 0.2) is 0 Å². The summed E-state index contributed by atoms with van der Waals surface area (Å²) >= 11 is 5.26. The van der Waals surface area contributed by atoms with Crippen LogP contribution in [0.4, 0.5) is 0 Å². The van der Waals surface area contributed by atoms with Crippen LogP contribution in [0.25, 0.3) is 0 Å². The van der Waals surface area contributed by atoms with Crippen molar-refractivity contribution in [2.24, 2.45) is 0 Å². The van der Waals surface area contributed by atoms with Gasteiger partial charge in [-0.15, -0.1) is 0 Å². The lowest BCUT2D eigenvalue weighted by atomic mass is 10.1. The van der Waals surface area contributed by atoms with Crippen LogP contribution >= 0.6 is 12.2 Å². The van der Waals surface area contributed by atoms with Crippen LogP contribution in [0.2, 0.25) is 0 Å². The molecule has 0 aromatic rings. The second-order valence-corrected chi connectivity index (χ2v) is 6.83. The van der Waals surface area contributed by atoms with Gasteiger partial charge in [0.15, 0.2) is 5.11 Å². The number of unbranched alkanes of at least 4 members (excludes halogenated alkanes) is 12. The van der Waals surface area contributed by atoms with Crippen molar-refractivity contribution in [2.75, 3.05) is 13.1 Å². The smallest absolute Gasteiger partial charge is 0.166 e. The molecule has 0 aliphatic rings. The first-order valence-corrected chi connectivity index (χ1v) is 10.2. The third kappa shape index (κ3) is 17.7. The van der Waals surface area contributed by atoms with E-state index < -0.39 is 0 Å². The Morgan fingerprint density at radius 2 is 0.864 bits per heavy atom. The van der Waals surface area contributed by atoms with Gasteiger partial charge in [0.2, 0.25) is 0 Å². The molecule has 2 N–H and O–H groups in total. The van der Waals surface area contributed by atoms with E-state index in [9.17, 15) is 0 Å². The minimum Gasteiger partial charge on any atom is -0.363 e. The maximum atomic E-state index is 5.26. The Morgan fingerprint density at radius 1 is 0.545 bits per heavy atom.